The van der Waals surface area contributed by atoms with Crippen LogP contribution in [0.3, 0.4) is 0 Å². The first-order valence-corrected chi connectivity index (χ1v) is 7.48. The van der Waals surface area contributed by atoms with Crippen molar-refractivity contribution in [3.05, 3.63) is 41.6 Å². The Morgan fingerprint density at radius 2 is 2.09 bits per heavy atom. The average molecular weight is 298 g/mol. The monoisotopic (exact) mass is 298 g/mol. The van der Waals surface area contributed by atoms with Crippen LogP contribution in [0.2, 0.25) is 0 Å². The Bertz CT molecular complexity index is 640. The maximum absolute atomic E-state index is 8.93. The third kappa shape index (κ3) is 4.17. The van der Waals surface area contributed by atoms with Gasteiger partial charge in [0.1, 0.15) is 0 Å². The zero-order valence-corrected chi connectivity index (χ0v) is 13.1. The molecule has 1 heterocycles. The summed E-state index contributed by atoms with van der Waals surface area (Å²) in [5.41, 5.74) is 3.73. The van der Waals surface area contributed by atoms with Crippen LogP contribution in [0.15, 0.2) is 30.5 Å². The molecular formula is C17H22N4O. The first-order valence-electron chi connectivity index (χ1n) is 7.48. The quantitative estimate of drug-likeness (QED) is 0.820. The number of nitriles is 1. The van der Waals surface area contributed by atoms with E-state index in [1.54, 1.807) is 0 Å². The van der Waals surface area contributed by atoms with Crippen LogP contribution in [0.1, 0.15) is 24.5 Å². The molecule has 0 saturated carbocycles. The van der Waals surface area contributed by atoms with Crippen molar-refractivity contribution in [1.29, 1.82) is 5.26 Å². The lowest BCUT2D eigenvalue weighted by molar-refractivity contribution is 0.260. The summed E-state index contributed by atoms with van der Waals surface area (Å²) in [6.07, 6.45) is 2.82. The maximum Gasteiger partial charge on any atom is 0.0991 e. The van der Waals surface area contributed by atoms with Gasteiger partial charge in [-0.2, -0.15) is 10.4 Å². The summed E-state index contributed by atoms with van der Waals surface area (Å²) in [7, 11) is 1.91. The summed E-state index contributed by atoms with van der Waals surface area (Å²) in [6, 6.07) is 9.60. The molecule has 0 aliphatic rings. The minimum absolute atomic E-state index is 0.228. The van der Waals surface area contributed by atoms with Crippen molar-refractivity contribution in [1.82, 2.24) is 15.1 Å². The Labute approximate surface area is 131 Å². The molecule has 5 heteroatoms. The van der Waals surface area contributed by atoms with Gasteiger partial charge >= 0.3 is 0 Å². The predicted molar refractivity (Wildman–Crippen MR) is 85.9 cm³/mol. The van der Waals surface area contributed by atoms with Gasteiger partial charge in [0.15, 0.2) is 0 Å². The van der Waals surface area contributed by atoms with Crippen LogP contribution in [-0.4, -0.2) is 28.0 Å². The number of nitrogens with zero attached hydrogens (tertiary/aromatic N) is 3. The largest absolute Gasteiger partial charge is 0.396 e. The van der Waals surface area contributed by atoms with Crippen LogP contribution in [0, 0.1) is 17.2 Å². The lowest BCUT2D eigenvalue weighted by atomic mass is 10.1. The highest BCUT2D eigenvalue weighted by atomic mass is 16.3. The van der Waals surface area contributed by atoms with E-state index in [-0.39, 0.29) is 6.61 Å². The van der Waals surface area contributed by atoms with Gasteiger partial charge < -0.3 is 10.4 Å². The molecule has 1 unspecified atom stereocenters. The highest BCUT2D eigenvalue weighted by Crippen LogP contribution is 2.22. The van der Waals surface area contributed by atoms with Gasteiger partial charge in [0.2, 0.25) is 0 Å². The fourth-order valence-corrected chi connectivity index (χ4v) is 2.39. The van der Waals surface area contributed by atoms with Gasteiger partial charge in [-0.1, -0.05) is 19.1 Å². The molecule has 1 aromatic carbocycles. The van der Waals surface area contributed by atoms with E-state index in [0.29, 0.717) is 11.5 Å². The summed E-state index contributed by atoms with van der Waals surface area (Å²) >= 11 is 0. The normalized spacial score (nSPS) is 12.1. The summed E-state index contributed by atoms with van der Waals surface area (Å²) in [5, 5.41) is 25.7. The minimum Gasteiger partial charge on any atom is -0.396 e. The molecule has 0 amide bonds. The van der Waals surface area contributed by atoms with Crippen molar-refractivity contribution in [2.75, 3.05) is 13.2 Å². The Morgan fingerprint density at radius 3 is 2.73 bits per heavy atom. The van der Waals surface area contributed by atoms with Gasteiger partial charge in [0, 0.05) is 37.5 Å². The number of nitrogens with one attached hydrogen (secondary N) is 1. The highest BCUT2D eigenvalue weighted by Gasteiger charge is 2.10. The fraction of sp³-hybridized carbons (Fsp3) is 0.412. The number of aliphatic hydroxyl groups is 1. The molecule has 2 aromatic rings. The van der Waals surface area contributed by atoms with Gasteiger partial charge in [-0.05, 0) is 31.0 Å². The van der Waals surface area contributed by atoms with Crippen LogP contribution in [0.25, 0.3) is 11.3 Å². The number of benzene rings is 1. The maximum atomic E-state index is 8.93. The van der Waals surface area contributed by atoms with E-state index in [1.165, 1.54) is 0 Å². The third-order valence-electron chi connectivity index (χ3n) is 3.62. The van der Waals surface area contributed by atoms with E-state index in [2.05, 4.69) is 23.4 Å². The van der Waals surface area contributed by atoms with E-state index in [4.69, 9.17) is 10.4 Å². The number of aliphatic hydroxyl groups excluding tert-OH is 1. The number of aromatic nitrogens is 2. The van der Waals surface area contributed by atoms with E-state index in [9.17, 15) is 0 Å². The number of rotatable bonds is 7. The summed E-state index contributed by atoms with van der Waals surface area (Å²) in [5.74, 6) is 0.444. The molecule has 116 valence electrons. The topological polar surface area (TPSA) is 73.9 Å². The Morgan fingerprint density at radius 1 is 1.36 bits per heavy atom. The van der Waals surface area contributed by atoms with Gasteiger partial charge in [-0.15, -0.1) is 0 Å². The van der Waals surface area contributed by atoms with Crippen molar-refractivity contribution < 1.29 is 5.11 Å². The number of hydrogen-bond acceptors (Lipinski definition) is 4. The third-order valence-corrected chi connectivity index (χ3v) is 3.62. The van der Waals surface area contributed by atoms with E-state index in [1.807, 2.05) is 42.2 Å². The lowest BCUT2D eigenvalue weighted by Crippen LogP contribution is -2.21. The van der Waals surface area contributed by atoms with Crippen LogP contribution in [0.4, 0.5) is 0 Å². The van der Waals surface area contributed by atoms with E-state index >= 15 is 0 Å². The molecule has 1 atom stereocenters. The molecule has 0 aliphatic heterocycles. The molecule has 1 aromatic heterocycles. The highest BCUT2D eigenvalue weighted by molar-refractivity contribution is 5.63. The molecule has 2 rings (SSSR count). The van der Waals surface area contributed by atoms with Crippen LogP contribution in [-0.2, 0) is 13.6 Å². The van der Waals surface area contributed by atoms with Crippen molar-refractivity contribution in [2.45, 2.75) is 19.9 Å². The smallest absolute Gasteiger partial charge is 0.0991 e. The minimum atomic E-state index is 0.228. The zero-order chi connectivity index (χ0) is 15.9. The van der Waals surface area contributed by atoms with E-state index < -0.39 is 0 Å². The molecule has 5 nitrogen and oxygen atoms in total. The summed E-state index contributed by atoms with van der Waals surface area (Å²) in [4.78, 5) is 0. The van der Waals surface area contributed by atoms with Crippen LogP contribution < -0.4 is 5.32 Å². The number of hydrogen-bond donors (Lipinski definition) is 2. The molecule has 0 bridgehead atoms. The molecule has 0 radical (unpaired) electrons. The summed E-state index contributed by atoms with van der Waals surface area (Å²) < 4.78 is 1.81. The second-order valence-electron chi connectivity index (χ2n) is 5.61. The van der Waals surface area contributed by atoms with Gasteiger partial charge in [0.05, 0.1) is 17.3 Å². The van der Waals surface area contributed by atoms with Crippen molar-refractivity contribution in [3.8, 4) is 17.3 Å². The predicted octanol–water partition coefficient (Wildman–Crippen LogP) is 2.07. The van der Waals surface area contributed by atoms with Crippen LogP contribution in [0.5, 0.6) is 0 Å². The second-order valence-corrected chi connectivity index (χ2v) is 5.61. The summed E-state index contributed by atoms with van der Waals surface area (Å²) in [6.45, 7) is 3.95. The molecule has 2 N–H and O–H groups in total. The first kappa shape index (κ1) is 16.2. The van der Waals surface area contributed by atoms with Gasteiger partial charge in [0.25, 0.3) is 0 Å². The Balaban J connectivity index is 2.07. The van der Waals surface area contributed by atoms with Crippen molar-refractivity contribution in [3.63, 3.8) is 0 Å². The molecule has 0 aliphatic carbocycles. The lowest BCUT2D eigenvalue weighted by Gasteiger charge is -2.11. The zero-order valence-electron chi connectivity index (χ0n) is 13.1. The molecule has 0 spiro atoms. The standard InChI is InChI=1S/C17H22N4O/c1-13(7-8-22)10-19-11-16-12-21(2)20-17(16)15-5-3-14(9-18)4-6-15/h3-6,12-13,19,22H,7-8,10-11H2,1-2H3. The molecule has 22 heavy (non-hydrogen) atoms. The van der Waals surface area contributed by atoms with Crippen molar-refractivity contribution in [2.24, 2.45) is 13.0 Å². The van der Waals surface area contributed by atoms with Crippen molar-refractivity contribution >= 4 is 0 Å². The Hall–Kier alpha value is -2.16. The molecular weight excluding hydrogens is 276 g/mol. The Kier molecular flexibility index (Phi) is 5.70. The molecule has 0 saturated heterocycles. The molecule has 0 fully saturated rings. The first-order chi connectivity index (χ1) is 10.6. The van der Waals surface area contributed by atoms with E-state index in [0.717, 1.165) is 36.3 Å². The van der Waals surface area contributed by atoms with Gasteiger partial charge in [-0.3, -0.25) is 4.68 Å². The average Bonchev–Trinajstić information content (AvgIpc) is 2.88. The fourth-order valence-electron chi connectivity index (χ4n) is 2.39. The second kappa shape index (κ2) is 7.74. The van der Waals surface area contributed by atoms with Crippen LogP contribution >= 0.6 is 0 Å². The van der Waals surface area contributed by atoms with Gasteiger partial charge in [-0.25, -0.2) is 0 Å². The SMILES string of the molecule is CC(CCO)CNCc1cn(C)nc1-c1ccc(C#N)cc1. The number of aryl methyl sites for hydroxylation is 1.